The minimum Gasteiger partial charge on any atom is -0.378 e. The van der Waals surface area contributed by atoms with Crippen molar-refractivity contribution in [3.63, 3.8) is 0 Å². The van der Waals surface area contributed by atoms with Gasteiger partial charge in [-0.1, -0.05) is 24.3 Å². The summed E-state index contributed by atoms with van der Waals surface area (Å²) >= 11 is 0. The summed E-state index contributed by atoms with van der Waals surface area (Å²) in [5.41, 5.74) is 4.91. The third-order valence-corrected chi connectivity index (χ3v) is 5.13. The lowest BCUT2D eigenvalue weighted by Crippen LogP contribution is -2.36. The van der Waals surface area contributed by atoms with Gasteiger partial charge in [-0.3, -0.25) is 9.67 Å². The zero-order chi connectivity index (χ0) is 20.2. The van der Waals surface area contributed by atoms with Crippen LogP contribution in [0.3, 0.4) is 0 Å². The molecule has 3 aromatic heterocycles. The quantitative estimate of drug-likeness (QED) is 0.514. The van der Waals surface area contributed by atoms with Gasteiger partial charge in [0.2, 0.25) is 0 Å². The van der Waals surface area contributed by atoms with E-state index in [1.807, 2.05) is 47.3 Å². The van der Waals surface area contributed by atoms with Gasteiger partial charge >= 0.3 is 0 Å². The Hall–Kier alpha value is -3.58. The van der Waals surface area contributed by atoms with E-state index in [-0.39, 0.29) is 0 Å². The first kappa shape index (κ1) is 18.4. The van der Waals surface area contributed by atoms with Crippen molar-refractivity contribution in [3.05, 3.63) is 79.0 Å². The van der Waals surface area contributed by atoms with Gasteiger partial charge < -0.3 is 9.64 Å². The highest BCUT2D eigenvalue weighted by Gasteiger charge is 2.14. The summed E-state index contributed by atoms with van der Waals surface area (Å²) in [5.74, 6) is 0.938. The van der Waals surface area contributed by atoms with Crippen LogP contribution < -0.4 is 4.90 Å². The molecule has 1 saturated heterocycles. The van der Waals surface area contributed by atoms with Crippen molar-refractivity contribution in [1.29, 1.82) is 0 Å². The Kier molecular flexibility index (Phi) is 5.18. The molecular weight excluding hydrogens is 376 g/mol. The predicted molar refractivity (Wildman–Crippen MR) is 115 cm³/mol. The molecule has 0 atom stereocenters. The molecule has 150 valence electrons. The highest BCUT2D eigenvalue weighted by atomic mass is 16.5. The summed E-state index contributed by atoms with van der Waals surface area (Å²) in [4.78, 5) is 15.6. The first-order valence-electron chi connectivity index (χ1n) is 10.0. The van der Waals surface area contributed by atoms with Crippen molar-refractivity contribution < 1.29 is 4.74 Å². The zero-order valence-electron chi connectivity index (χ0n) is 16.6. The fraction of sp³-hybridized carbons (Fsp3) is 0.217. The molecule has 4 aromatic rings. The molecule has 1 aliphatic heterocycles. The molecule has 0 amide bonds. The van der Waals surface area contributed by atoms with Crippen LogP contribution in [0.25, 0.3) is 22.5 Å². The summed E-state index contributed by atoms with van der Waals surface area (Å²) in [6, 6.07) is 18.3. The minimum absolute atomic E-state index is 0.648. The smallest absolute Gasteiger partial charge is 0.132 e. The Bertz CT molecular complexity index is 1120. The maximum absolute atomic E-state index is 5.44. The van der Waals surface area contributed by atoms with E-state index in [0.717, 1.165) is 60.3 Å². The van der Waals surface area contributed by atoms with Gasteiger partial charge in [-0.25, -0.2) is 9.97 Å². The molecule has 0 spiro atoms. The Morgan fingerprint density at radius 3 is 2.53 bits per heavy atom. The maximum atomic E-state index is 5.44. The number of hydrogen-bond acceptors (Lipinski definition) is 6. The Morgan fingerprint density at radius 2 is 1.70 bits per heavy atom. The molecule has 1 fully saturated rings. The van der Waals surface area contributed by atoms with Gasteiger partial charge in [-0.2, -0.15) is 5.10 Å². The van der Waals surface area contributed by atoms with Crippen LogP contribution in [0.1, 0.15) is 5.69 Å². The fourth-order valence-corrected chi connectivity index (χ4v) is 3.57. The maximum Gasteiger partial charge on any atom is 0.132 e. The summed E-state index contributed by atoms with van der Waals surface area (Å²) in [7, 11) is 0. The van der Waals surface area contributed by atoms with Gasteiger partial charge in [0, 0.05) is 42.7 Å². The monoisotopic (exact) mass is 398 g/mol. The van der Waals surface area contributed by atoms with Crippen LogP contribution in [-0.2, 0) is 11.3 Å². The Labute approximate surface area is 175 Å². The lowest BCUT2D eigenvalue weighted by Gasteiger charge is -2.27. The highest BCUT2D eigenvalue weighted by molar-refractivity contribution is 5.70. The minimum atomic E-state index is 0.648. The average Bonchev–Trinajstić information content (AvgIpc) is 3.29. The van der Waals surface area contributed by atoms with Crippen molar-refractivity contribution in [2.75, 3.05) is 31.2 Å². The van der Waals surface area contributed by atoms with Gasteiger partial charge in [0.1, 0.15) is 12.1 Å². The number of aromatic nitrogens is 5. The first-order chi connectivity index (χ1) is 14.8. The number of benzene rings is 1. The van der Waals surface area contributed by atoms with Gasteiger partial charge in [0.15, 0.2) is 0 Å². The van der Waals surface area contributed by atoms with Crippen molar-refractivity contribution in [1.82, 2.24) is 24.7 Å². The third kappa shape index (κ3) is 4.06. The molecule has 0 aliphatic carbocycles. The van der Waals surface area contributed by atoms with Crippen LogP contribution in [0.2, 0.25) is 0 Å². The molecule has 0 radical (unpaired) electrons. The summed E-state index contributed by atoms with van der Waals surface area (Å²) in [6.45, 7) is 3.82. The van der Waals surface area contributed by atoms with Crippen molar-refractivity contribution >= 4 is 5.82 Å². The molecule has 0 bridgehead atoms. The van der Waals surface area contributed by atoms with E-state index in [0.29, 0.717) is 6.54 Å². The summed E-state index contributed by atoms with van der Waals surface area (Å²) in [5, 5.41) is 4.72. The number of pyridine rings is 1. The van der Waals surface area contributed by atoms with Gasteiger partial charge in [-0.15, -0.1) is 0 Å². The second kappa shape index (κ2) is 8.42. The van der Waals surface area contributed by atoms with Crippen molar-refractivity contribution in [2.24, 2.45) is 0 Å². The number of hydrogen-bond donors (Lipinski definition) is 0. The van der Waals surface area contributed by atoms with Crippen LogP contribution in [0.5, 0.6) is 0 Å². The number of nitrogens with zero attached hydrogens (tertiary/aromatic N) is 6. The van der Waals surface area contributed by atoms with E-state index in [4.69, 9.17) is 9.84 Å². The largest absolute Gasteiger partial charge is 0.378 e. The fourth-order valence-electron chi connectivity index (χ4n) is 3.57. The second-order valence-corrected chi connectivity index (χ2v) is 7.16. The third-order valence-electron chi connectivity index (χ3n) is 5.13. The molecular formula is C23H22N6O. The predicted octanol–water partition coefficient (Wildman–Crippen LogP) is 3.29. The van der Waals surface area contributed by atoms with Crippen LogP contribution in [0, 0.1) is 0 Å². The molecule has 30 heavy (non-hydrogen) atoms. The van der Waals surface area contributed by atoms with Crippen molar-refractivity contribution in [3.8, 4) is 22.5 Å². The molecule has 0 N–H and O–H groups in total. The van der Waals surface area contributed by atoms with Gasteiger partial charge in [0.05, 0.1) is 36.8 Å². The zero-order valence-corrected chi connectivity index (χ0v) is 16.6. The van der Waals surface area contributed by atoms with E-state index in [2.05, 4.69) is 38.1 Å². The lowest BCUT2D eigenvalue weighted by atomic mass is 10.1. The molecule has 7 nitrogen and oxygen atoms in total. The Morgan fingerprint density at radius 1 is 0.833 bits per heavy atom. The highest BCUT2D eigenvalue weighted by Crippen LogP contribution is 2.26. The van der Waals surface area contributed by atoms with Crippen LogP contribution >= 0.6 is 0 Å². The number of anilines is 1. The van der Waals surface area contributed by atoms with Gasteiger partial charge in [-0.05, 0) is 24.3 Å². The van der Waals surface area contributed by atoms with Crippen LogP contribution in [0.15, 0.2) is 73.3 Å². The summed E-state index contributed by atoms with van der Waals surface area (Å²) in [6.07, 6.45) is 5.42. The molecule has 1 aliphatic rings. The molecule has 1 aromatic carbocycles. The first-order valence-corrected chi connectivity index (χ1v) is 10.0. The number of ether oxygens (including phenoxy) is 1. The van der Waals surface area contributed by atoms with E-state index >= 15 is 0 Å². The molecule has 0 unspecified atom stereocenters. The van der Waals surface area contributed by atoms with Gasteiger partial charge in [0.25, 0.3) is 0 Å². The average molecular weight is 398 g/mol. The molecule has 0 saturated carbocycles. The van der Waals surface area contributed by atoms with Crippen LogP contribution in [-0.4, -0.2) is 51.0 Å². The van der Waals surface area contributed by atoms with Crippen LogP contribution in [0.4, 0.5) is 5.82 Å². The summed E-state index contributed by atoms with van der Waals surface area (Å²) < 4.78 is 7.35. The van der Waals surface area contributed by atoms with E-state index in [1.54, 1.807) is 12.5 Å². The van der Waals surface area contributed by atoms with E-state index in [1.165, 1.54) is 0 Å². The second-order valence-electron chi connectivity index (χ2n) is 7.16. The lowest BCUT2D eigenvalue weighted by molar-refractivity contribution is 0.122. The SMILES string of the molecule is c1ccc(Cn2ccc(-c3cccc(-c4cc(N5CCOCC5)ncn4)c3)n2)nc1. The number of rotatable bonds is 5. The molecule has 4 heterocycles. The van der Waals surface area contributed by atoms with Crippen molar-refractivity contribution in [2.45, 2.75) is 6.54 Å². The van der Waals surface area contributed by atoms with E-state index < -0.39 is 0 Å². The molecule has 5 rings (SSSR count). The normalized spacial score (nSPS) is 14.1. The van der Waals surface area contributed by atoms with E-state index in [9.17, 15) is 0 Å². The topological polar surface area (TPSA) is 69.0 Å². The Balaban J connectivity index is 1.38. The number of morpholine rings is 1. The molecule has 7 heteroatoms. The standard InChI is InChI=1S/C23H22N6O/c1-2-8-24-20(6-1)16-29-9-7-21(27-29)18-4-3-5-19(14-18)22-15-23(26-17-25-22)28-10-12-30-13-11-28/h1-9,14-15,17H,10-13,16H2.